The Morgan fingerprint density at radius 3 is 1.95 bits per heavy atom. The minimum Gasteiger partial charge on any atom is -0.306 e. The van der Waals surface area contributed by atoms with Gasteiger partial charge >= 0.3 is 0 Å². The van der Waals surface area contributed by atoms with Crippen LogP contribution < -0.4 is 5.32 Å². The summed E-state index contributed by atoms with van der Waals surface area (Å²) in [7, 11) is 0. The molecule has 1 unspecified atom stereocenters. The first-order valence-electron chi connectivity index (χ1n) is 7.14. The molecule has 0 saturated heterocycles. The minimum absolute atomic E-state index is 0.372. The Kier molecular flexibility index (Phi) is 5.61. The van der Waals surface area contributed by atoms with E-state index in [-0.39, 0.29) is 0 Å². The SMILES string of the molecule is CC(C)c1ccc(CNC(C)c2ccc(I)cc2)cc1. The van der Waals surface area contributed by atoms with Gasteiger partial charge in [-0.2, -0.15) is 0 Å². The molecule has 106 valence electrons. The van der Waals surface area contributed by atoms with Crippen molar-refractivity contribution in [2.24, 2.45) is 0 Å². The van der Waals surface area contributed by atoms with Gasteiger partial charge in [0.05, 0.1) is 0 Å². The van der Waals surface area contributed by atoms with Gasteiger partial charge < -0.3 is 5.32 Å². The van der Waals surface area contributed by atoms with E-state index in [1.807, 2.05) is 0 Å². The lowest BCUT2D eigenvalue weighted by Crippen LogP contribution is -2.18. The number of hydrogen-bond donors (Lipinski definition) is 1. The topological polar surface area (TPSA) is 12.0 Å². The highest BCUT2D eigenvalue weighted by Crippen LogP contribution is 2.17. The van der Waals surface area contributed by atoms with Crippen LogP contribution in [0.4, 0.5) is 0 Å². The van der Waals surface area contributed by atoms with Crippen LogP contribution in [0.5, 0.6) is 0 Å². The van der Waals surface area contributed by atoms with Gasteiger partial charge in [0.1, 0.15) is 0 Å². The van der Waals surface area contributed by atoms with Crippen molar-refractivity contribution < 1.29 is 0 Å². The molecule has 1 N–H and O–H groups in total. The van der Waals surface area contributed by atoms with Crippen molar-refractivity contribution in [2.75, 3.05) is 0 Å². The molecule has 1 atom stereocenters. The van der Waals surface area contributed by atoms with E-state index in [9.17, 15) is 0 Å². The van der Waals surface area contributed by atoms with Crippen LogP contribution in [0.15, 0.2) is 48.5 Å². The molecule has 0 fully saturated rings. The van der Waals surface area contributed by atoms with E-state index >= 15 is 0 Å². The van der Waals surface area contributed by atoms with Gasteiger partial charge in [-0.05, 0) is 64.3 Å². The number of halogens is 1. The molecular weight excluding hydrogens is 357 g/mol. The Morgan fingerprint density at radius 2 is 1.40 bits per heavy atom. The quantitative estimate of drug-likeness (QED) is 0.699. The fourth-order valence-electron chi connectivity index (χ4n) is 2.16. The second-order valence-corrected chi connectivity index (χ2v) is 6.80. The smallest absolute Gasteiger partial charge is 0.0294 e. The predicted octanol–water partition coefficient (Wildman–Crippen LogP) is 5.27. The first-order valence-corrected chi connectivity index (χ1v) is 8.22. The molecule has 0 amide bonds. The van der Waals surface area contributed by atoms with Crippen LogP contribution in [0.2, 0.25) is 0 Å². The maximum absolute atomic E-state index is 3.58. The molecule has 2 rings (SSSR count). The van der Waals surface area contributed by atoms with Gasteiger partial charge in [0.25, 0.3) is 0 Å². The molecule has 0 saturated carbocycles. The van der Waals surface area contributed by atoms with E-state index in [1.54, 1.807) is 0 Å². The summed E-state index contributed by atoms with van der Waals surface area (Å²) < 4.78 is 1.28. The van der Waals surface area contributed by atoms with Gasteiger partial charge in [0, 0.05) is 16.2 Å². The van der Waals surface area contributed by atoms with Crippen molar-refractivity contribution in [3.63, 3.8) is 0 Å². The third kappa shape index (κ3) is 4.32. The van der Waals surface area contributed by atoms with E-state index in [2.05, 4.69) is 97.2 Å². The molecule has 0 aliphatic rings. The molecule has 0 aliphatic heterocycles. The largest absolute Gasteiger partial charge is 0.306 e. The van der Waals surface area contributed by atoms with Crippen LogP contribution in [-0.2, 0) is 6.54 Å². The Bertz CT molecular complexity index is 528. The number of hydrogen-bond acceptors (Lipinski definition) is 1. The van der Waals surface area contributed by atoms with Gasteiger partial charge in [-0.3, -0.25) is 0 Å². The molecule has 2 aromatic rings. The van der Waals surface area contributed by atoms with Gasteiger partial charge in [-0.25, -0.2) is 0 Å². The van der Waals surface area contributed by atoms with Crippen LogP contribution in [0, 0.1) is 3.57 Å². The third-order valence-electron chi connectivity index (χ3n) is 3.63. The molecule has 0 aliphatic carbocycles. The average molecular weight is 379 g/mol. The minimum atomic E-state index is 0.372. The molecule has 2 aromatic carbocycles. The normalized spacial score (nSPS) is 12.7. The highest BCUT2D eigenvalue weighted by molar-refractivity contribution is 14.1. The van der Waals surface area contributed by atoms with Crippen LogP contribution in [0.3, 0.4) is 0 Å². The standard InChI is InChI=1S/C18H22IN/c1-13(2)16-6-4-15(5-7-16)12-20-14(3)17-8-10-18(19)11-9-17/h4-11,13-14,20H,12H2,1-3H3. The first-order chi connectivity index (χ1) is 9.56. The van der Waals surface area contributed by atoms with Crippen LogP contribution in [0.1, 0.15) is 49.4 Å². The Labute approximate surface area is 135 Å². The molecule has 1 nitrogen and oxygen atoms in total. The summed E-state index contributed by atoms with van der Waals surface area (Å²) in [6.07, 6.45) is 0. The fourth-order valence-corrected chi connectivity index (χ4v) is 2.52. The Morgan fingerprint density at radius 1 is 0.850 bits per heavy atom. The monoisotopic (exact) mass is 379 g/mol. The second kappa shape index (κ2) is 7.23. The lowest BCUT2D eigenvalue weighted by Gasteiger charge is -2.15. The zero-order valence-electron chi connectivity index (χ0n) is 12.4. The van der Waals surface area contributed by atoms with Crippen molar-refractivity contribution in [1.29, 1.82) is 0 Å². The van der Waals surface area contributed by atoms with Crippen LogP contribution in [0.25, 0.3) is 0 Å². The van der Waals surface area contributed by atoms with Gasteiger partial charge in [-0.1, -0.05) is 50.2 Å². The highest BCUT2D eigenvalue weighted by Gasteiger charge is 2.05. The third-order valence-corrected chi connectivity index (χ3v) is 4.35. The van der Waals surface area contributed by atoms with Gasteiger partial charge in [-0.15, -0.1) is 0 Å². The van der Waals surface area contributed by atoms with E-state index in [4.69, 9.17) is 0 Å². The Hall–Kier alpha value is -0.870. The molecule has 0 spiro atoms. The molecule has 0 heterocycles. The summed E-state index contributed by atoms with van der Waals surface area (Å²) >= 11 is 2.34. The summed E-state index contributed by atoms with van der Waals surface area (Å²) in [5.74, 6) is 0.600. The van der Waals surface area contributed by atoms with Crippen molar-refractivity contribution >= 4 is 22.6 Å². The molecule has 2 heteroatoms. The van der Waals surface area contributed by atoms with Crippen LogP contribution in [-0.4, -0.2) is 0 Å². The maximum atomic E-state index is 3.58. The van der Waals surface area contributed by atoms with Crippen LogP contribution >= 0.6 is 22.6 Å². The molecular formula is C18H22IN. The predicted molar refractivity (Wildman–Crippen MR) is 94.9 cm³/mol. The fraction of sp³-hybridized carbons (Fsp3) is 0.333. The molecule has 20 heavy (non-hydrogen) atoms. The summed E-state index contributed by atoms with van der Waals surface area (Å²) in [5.41, 5.74) is 4.08. The molecule has 0 aromatic heterocycles. The van der Waals surface area contributed by atoms with Gasteiger partial charge in [0.15, 0.2) is 0 Å². The highest BCUT2D eigenvalue weighted by atomic mass is 127. The molecule has 0 bridgehead atoms. The molecule has 0 radical (unpaired) electrons. The number of benzene rings is 2. The van der Waals surface area contributed by atoms with E-state index in [1.165, 1.54) is 20.3 Å². The van der Waals surface area contributed by atoms with Crippen molar-refractivity contribution in [3.05, 3.63) is 68.8 Å². The van der Waals surface area contributed by atoms with E-state index < -0.39 is 0 Å². The summed E-state index contributed by atoms with van der Waals surface area (Å²) in [5, 5.41) is 3.58. The zero-order chi connectivity index (χ0) is 14.5. The summed E-state index contributed by atoms with van der Waals surface area (Å²) in [4.78, 5) is 0. The Balaban J connectivity index is 1.92. The van der Waals surface area contributed by atoms with E-state index in [0.29, 0.717) is 12.0 Å². The summed E-state index contributed by atoms with van der Waals surface area (Å²) in [6, 6.07) is 18.0. The maximum Gasteiger partial charge on any atom is 0.0294 e. The van der Waals surface area contributed by atoms with Crippen molar-refractivity contribution in [1.82, 2.24) is 5.32 Å². The lowest BCUT2D eigenvalue weighted by molar-refractivity contribution is 0.574. The second-order valence-electron chi connectivity index (χ2n) is 5.55. The summed E-state index contributed by atoms with van der Waals surface area (Å²) in [6.45, 7) is 7.58. The zero-order valence-corrected chi connectivity index (χ0v) is 14.5. The number of nitrogens with one attached hydrogen (secondary N) is 1. The average Bonchev–Trinajstić information content (AvgIpc) is 2.46. The first kappa shape index (κ1) is 15.5. The van der Waals surface area contributed by atoms with Crippen molar-refractivity contribution in [3.8, 4) is 0 Å². The van der Waals surface area contributed by atoms with Crippen molar-refractivity contribution in [2.45, 2.75) is 39.3 Å². The van der Waals surface area contributed by atoms with E-state index in [0.717, 1.165) is 6.54 Å². The number of rotatable bonds is 5. The van der Waals surface area contributed by atoms with Gasteiger partial charge in [0.2, 0.25) is 0 Å². The lowest BCUT2D eigenvalue weighted by atomic mass is 10.0.